The van der Waals surface area contributed by atoms with Gasteiger partial charge < -0.3 is 9.47 Å². The van der Waals surface area contributed by atoms with Gasteiger partial charge in [-0.3, -0.25) is 9.69 Å². The van der Waals surface area contributed by atoms with Gasteiger partial charge in [0.1, 0.15) is 11.6 Å². The monoisotopic (exact) mass is 438 g/mol. The molecule has 0 saturated carbocycles. The lowest BCUT2D eigenvalue weighted by molar-refractivity contribution is -0.138. The van der Waals surface area contributed by atoms with E-state index in [1.165, 1.54) is 16.6 Å². The van der Waals surface area contributed by atoms with Gasteiger partial charge in [-0.05, 0) is 31.5 Å². The summed E-state index contributed by atoms with van der Waals surface area (Å²) in [6.45, 7) is 7.07. The molecule has 1 saturated heterocycles. The van der Waals surface area contributed by atoms with E-state index in [-0.39, 0.29) is 11.7 Å². The highest BCUT2D eigenvalue weighted by molar-refractivity contribution is 7.15. The summed E-state index contributed by atoms with van der Waals surface area (Å²) in [6.07, 6.45) is 3.62. The van der Waals surface area contributed by atoms with Crippen molar-refractivity contribution in [3.05, 3.63) is 64.8 Å². The first-order valence-corrected chi connectivity index (χ1v) is 11.8. The zero-order valence-corrected chi connectivity index (χ0v) is 18.6. The Morgan fingerprint density at radius 1 is 1.13 bits per heavy atom. The molecule has 0 N–H and O–H groups in total. The molecule has 4 heterocycles. The van der Waals surface area contributed by atoms with Gasteiger partial charge in [0.05, 0.1) is 0 Å². The Morgan fingerprint density at radius 2 is 1.94 bits per heavy atom. The predicted octanol–water partition coefficient (Wildman–Crippen LogP) is 3.97. The number of thiophene rings is 1. The zero-order chi connectivity index (χ0) is 21.4. The molecule has 162 valence electrons. The molecular weight excluding hydrogens is 411 g/mol. The molecule has 2 aromatic heterocycles. The van der Waals surface area contributed by atoms with E-state index in [4.69, 9.17) is 0 Å². The summed E-state index contributed by atoms with van der Waals surface area (Å²) in [5, 5.41) is 0. The molecule has 5 rings (SSSR count). The normalized spacial score (nSPS) is 19.4. The maximum Gasteiger partial charge on any atom is 0.226 e. The Balaban J connectivity index is 1.15. The van der Waals surface area contributed by atoms with E-state index in [1.54, 1.807) is 17.4 Å². The maximum absolute atomic E-state index is 14.1. The number of rotatable bonds is 4. The van der Waals surface area contributed by atoms with Crippen LogP contribution in [0.25, 0.3) is 10.4 Å². The average Bonchev–Trinajstić information content (AvgIpc) is 3.40. The van der Waals surface area contributed by atoms with Crippen LogP contribution in [0, 0.1) is 18.7 Å². The van der Waals surface area contributed by atoms with Crippen LogP contribution in [0.1, 0.15) is 22.8 Å². The molecule has 0 radical (unpaired) electrons. The molecule has 1 fully saturated rings. The summed E-state index contributed by atoms with van der Waals surface area (Å²) in [6, 6.07) is 11.0. The Hall–Kier alpha value is -2.51. The van der Waals surface area contributed by atoms with Gasteiger partial charge in [0.25, 0.3) is 0 Å². The Kier molecular flexibility index (Phi) is 5.63. The highest BCUT2D eigenvalue weighted by Gasteiger charge is 2.31. The van der Waals surface area contributed by atoms with E-state index in [0.717, 1.165) is 62.8 Å². The van der Waals surface area contributed by atoms with Crippen molar-refractivity contribution >= 4 is 17.2 Å². The van der Waals surface area contributed by atoms with Gasteiger partial charge in [-0.2, -0.15) is 0 Å². The molecule has 31 heavy (non-hydrogen) atoms. The van der Waals surface area contributed by atoms with E-state index in [1.807, 2.05) is 36.2 Å². The number of aryl methyl sites for hydroxylation is 1. The van der Waals surface area contributed by atoms with Crippen molar-refractivity contribution in [2.45, 2.75) is 32.9 Å². The predicted molar refractivity (Wildman–Crippen MR) is 120 cm³/mol. The number of hydrogen-bond donors (Lipinski definition) is 0. The number of aromatic nitrogens is 2. The lowest BCUT2D eigenvalue weighted by Crippen LogP contribution is -2.50. The minimum absolute atomic E-state index is 0.0794. The third-order valence-corrected chi connectivity index (χ3v) is 7.61. The molecule has 1 amide bonds. The molecule has 0 aliphatic carbocycles. The van der Waals surface area contributed by atoms with Crippen LogP contribution in [0.3, 0.4) is 0 Å². The minimum atomic E-state index is -0.177. The summed E-state index contributed by atoms with van der Waals surface area (Å²) in [4.78, 5) is 24.1. The van der Waals surface area contributed by atoms with Crippen LogP contribution in [-0.4, -0.2) is 51.4 Å². The van der Waals surface area contributed by atoms with Crippen molar-refractivity contribution in [2.24, 2.45) is 5.92 Å². The fourth-order valence-electron chi connectivity index (χ4n) is 4.71. The quantitative estimate of drug-likeness (QED) is 0.619. The molecule has 2 aliphatic rings. The second kappa shape index (κ2) is 8.55. The van der Waals surface area contributed by atoms with Crippen LogP contribution >= 0.6 is 11.3 Å². The highest BCUT2D eigenvalue weighted by Crippen LogP contribution is 2.31. The summed E-state index contributed by atoms with van der Waals surface area (Å²) in [5.74, 6) is 1.24. The van der Waals surface area contributed by atoms with Gasteiger partial charge in [0.15, 0.2) is 0 Å². The molecule has 1 atom stereocenters. The lowest BCUT2D eigenvalue weighted by Gasteiger charge is -2.37. The fourth-order valence-corrected chi connectivity index (χ4v) is 5.78. The number of imidazole rings is 1. The van der Waals surface area contributed by atoms with Crippen LogP contribution in [-0.2, 0) is 24.3 Å². The molecule has 1 aromatic carbocycles. The summed E-state index contributed by atoms with van der Waals surface area (Å²) < 4.78 is 16.3. The summed E-state index contributed by atoms with van der Waals surface area (Å²) in [5.41, 5.74) is 1.85. The zero-order valence-electron chi connectivity index (χ0n) is 17.8. The van der Waals surface area contributed by atoms with Crippen LogP contribution in [0.5, 0.6) is 0 Å². The average molecular weight is 439 g/mol. The van der Waals surface area contributed by atoms with Crippen LogP contribution in [0.4, 0.5) is 4.39 Å². The first-order valence-electron chi connectivity index (χ1n) is 10.9. The van der Waals surface area contributed by atoms with E-state index in [9.17, 15) is 9.18 Å². The summed E-state index contributed by atoms with van der Waals surface area (Å²) >= 11 is 1.65. The third kappa shape index (κ3) is 4.16. The van der Waals surface area contributed by atoms with Crippen LogP contribution < -0.4 is 0 Å². The molecule has 3 aromatic rings. The van der Waals surface area contributed by atoms with E-state index < -0.39 is 0 Å². The Morgan fingerprint density at radius 3 is 2.74 bits per heavy atom. The Labute approximate surface area is 186 Å². The van der Waals surface area contributed by atoms with Gasteiger partial charge in [-0.1, -0.05) is 18.2 Å². The molecule has 5 nitrogen and oxygen atoms in total. The standard InChI is InChI=1S/C24H27FN4OS/c1-17-26-15-19-14-18(8-9-29(17)19)24(30)28-12-10-27(11-13-28)16-20-6-7-23(31-20)21-4-2-3-5-22(21)25/h2-7,15,18H,8-14,16H2,1H3. The largest absolute Gasteiger partial charge is 0.340 e. The van der Waals surface area contributed by atoms with Crippen molar-refractivity contribution in [3.8, 4) is 10.4 Å². The third-order valence-electron chi connectivity index (χ3n) is 6.51. The van der Waals surface area contributed by atoms with Gasteiger partial charge in [-0.25, -0.2) is 9.37 Å². The number of carbonyl (C=O) groups excluding carboxylic acids is 1. The van der Waals surface area contributed by atoms with Crippen molar-refractivity contribution in [1.29, 1.82) is 0 Å². The molecule has 2 aliphatic heterocycles. The SMILES string of the molecule is Cc1ncc2n1CCC(C(=O)N1CCN(Cc3ccc(-c4ccccc4F)s3)CC1)C2. The number of nitrogens with zero attached hydrogens (tertiary/aromatic N) is 4. The van der Waals surface area contributed by atoms with Gasteiger partial charge >= 0.3 is 0 Å². The van der Waals surface area contributed by atoms with Crippen molar-refractivity contribution in [3.63, 3.8) is 0 Å². The molecule has 7 heteroatoms. The first kappa shape index (κ1) is 20.4. The first-order chi connectivity index (χ1) is 15.1. The number of hydrogen-bond acceptors (Lipinski definition) is 4. The number of halogens is 1. The van der Waals surface area contributed by atoms with Crippen molar-refractivity contribution in [1.82, 2.24) is 19.4 Å². The number of piperazine rings is 1. The van der Waals surface area contributed by atoms with Crippen molar-refractivity contribution < 1.29 is 9.18 Å². The van der Waals surface area contributed by atoms with Gasteiger partial charge in [0.2, 0.25) is 5.91 Å². The molecular formula is C24H27FN4OS. The van der Waals surface area contributed by atoms with E-state index >= 15 is 0 Å². The minimum Gasteiger partial charge on any atom is -0.340 e. The van der Waals surface area contributed by atoms with Gasteiger partial charge in [-0.15, -0.1) is 11.3 Å². The van der Waals surface area contributed by atoms with Crippen LogP contribution in [0.15, 0.2) is 42.6 Å². The van der Waals surface area contributed by atoms with E-state index in [0.29, 0.717) is 11.5 Å². The molecule has 0 bridgehead atoms. The smallest absolute Gasteiger partial charge is 0.226 e. The second-order valence-electron chi connectivity index (χ2n) is 8.49. The van der Waals surface area contributed by atoms with Crippen LogP contribution in [0.2, 0.25) is 0 Å². The molecule has 0 spiro atoms. The lowest BCUT2D eigenvalue weighted by atomic mass is 9.94. The number of benzene rings is 1. The maximum atomic E-state index is 14.1. The fraction of sp³-hybridized carbons (Fsp3) is 0.417. The van der Waals surface area contributed by atoms with Gasteiger partial charge in [0, 0.05) is 78.8 Å². The molecule has 1 unspecified atom stereocenters. The highest BCUT2D eigenvalue weighted by atomic mass is 32.1. The Bertz CT molecular complexity index is 1080. The van der Waals surface area contributed by atoms with E-state index in [2.05, 4.69) is 20.5 Å². The number of fused-ring (bicyclic) bond motifs is 1. The summed E-state index contributed by atoms with van der Waals surface area (Å²) in [7, 11) is 0. The number of carbonyl (C=O) groups is 1. The second-order valence-corrected chi connectivity index (χ2v) is 9.65. The number of amides is 1. The topological polar surface area (TPSA) is 41.4 Å². The van der Waals surface area contributed by atoms with Crippen molar-refractivity contribution in [2.75, 3.05) is 26.2 Å².